The van der Waals surface area contributed by atoms with Crippen molar-refractivity contribution in [1.29, 1.82) is 0 Å². The molecule has 5 heteroatoms. The van der Waals surface area contributed by atoms with E-state index in [4.69, 9.17) is 4.74 Å². The fourth-order valence-corrected chi connectivity index (χ4v) is 2.21. The van der Waals surface area contributed by atoms with Crippen LogP contribution in [0.4, 0.5) is 10.1 Å². The molecule has 4 nitrogen and oxygen atoms in total. The van der Waals surface area contributed by atoms with Crippen molar-refractivity contribution < 1.29 is 13.9 Å². The second-order valence-electron chi connectivity index (χ2n) is 4.84. The molecule has 0 bridgehead atoms. The molecule has 104 valence electrons. The van der Waals surface area contributed by atoms with Gasteiger partial charge in [-0.1, -0.05) is 13.0 Å². The van der Waals surface area contributed by atoms with E-state index in [9.17, 15) is 9.18 Å². The largest absolute Gasteiger partial charge is 0.384 e. The fraction of sp³-hybridized carbons (Fsp3) is 0.500. The molecule has 1 unspecified atom stereocenters. The second-order valence-corrected chi connectivity index (χ2v) is 4.84. The summed E-state index contributed by atoms with van der Waals surface area (Å²) in [6.07, 6.45) is 0.651. The molecule has 1 atom stereocenters. The molecule has 2 rings (SSSR count). The number of methoxy groups -OCH3 is 1. The number of carbonyl (C=O) groups excluding carboxylic acids is 1. The van der Waals surface area contributed by atoms with Crippen LogP contribution in [0.3, 0.4) is 0 Å². The number of amides is 1. The third kappa shape index (κ3) is 3.11. The summed E-state index contributed by atoms with van der Waals surface area (Å²) >= 11 is 0. The van der Waals surface area contributed by atoms with Crippen molar-refractivity contribution in [2.75, 3.05) is 25.6 Å². The van der Waals surface area contributed by atoms with Crippen LogP contribution in [0, 0.1) is 11.7 Å². The minimum Gasteiger partial charge on any atom is -0.384 e. The van der Waals surface area contributed by atoms with Gasteiger partial charge in [-0.05, 0) is 30.2 Å². The summed E-state index contributed by atoms with van der Waals surface area (Å²) < 4.78 is 19.2. The third-order valence-corrected chi connectivity index (χ3v) is 3.33. The molecular formula is C14H19FN2O2. The van der Waals surface area contributed by atoms with Gasteiger partial charge in [0.05, 0.1) is 18.2 Å². The molecule has 1 heterocycles. The molecule has 1 amide bonds. The molecule has 0 saturated heterocycles. The predicted octanol–water partition coefficient (Wildman–Crippen LogP) is 1.69. The first-order chi connectivity index (χ1) is 9.13. The monoisotopic (exact) mass is 266 g/mol. The van der Waals surface area contributed by atoms with E-state index in [0.717, 1.165) is 12.1 Å². The lowest BCUT2D eigenvalue weighted by atomic mass is 9.99. The Bertz CT molecular complexity index is 477. The highest BCUT2D eigenvalue weighted by Crippen LogP contribution is 2.24. The fourth-order valence-electron chi connectivity index (χ4n) is 2.21. The van der Waals surface area contributed by atoms with E-state index in [1.807, 2.05) is 6.07 Å². The van der Waals surface area contributed by atoms with Crippen molar-refractivity contribution in [3.8, 4) is 0 Å². The number of ether oxygens (including phenoxy) is 1. The van der Waals surface area contributed by atoms with E-state index >= 15 is 0 Å². The molecule has 1 aliphatic rings. The van der Waals surface area contributed by atoms with Gasteiger partial charge >= 0.3 is 0 Å². The van der Waals surface area contributed by atoms with Crippen molar-refractivity contribution in [3.05, 3.63) is 29.1 Å². The lowest BCUT2D eigenvalue weighted by molar-refractivity contribution is -0.120. The Balaban J connectivity index is 2.15. The maximum absolute atomic E-state index is 14.3. The first-order valence-electron chi connectivity index (χ1n) is 6.44. The first kappa shape index (κ1) is 14.0. The van der Waals surface area contributed by atoms with Crippen molar-refractivity contribution in [2.24, 2.45) is 5.92 Å². The van der Waals surface area contributed by atoms with Crippen molar-refractivity contribution in [3.63, 3.8) is 0 Å². The van der Waals surface area contributed by atoms with Gasteiger partial charge in [-0.3, -0.25) is 4.79 Å². The van der Waals surface area contributed by atoms with Gasteiger partial charge in [0.25, 0.3) is 0 Å². The Morgan fingerprint density at radius 2 is 2.37 bits per heavy atom. The van der Waals surface area contributed by atoms with Crippen LogP contribution in [0.25, 0.3) is 0 Å². The highest BCUT2D eigenvalue weighted by Gasteiger charge is 2.19. The van der Waals surface area contributed by atoms with Crippen molar-refractivity contribution in [1.82, 2.24) is 5.32 Å². The van der Waals surface area contributed by atoms with Crippen LogP contribution < -0.4 is 10.6 Å². The topological polar surface area (TPSA) is 50.4 Å². The number of hydrogen-bond acceptors (Lipinski definition) is 3. The molecule has 0 saturated carbocycles. The number of benzene rings is 1. The zero-order valence-corrected chi connectivity index (χ0v) is 11.3. The van der Waals surface area contributed by atoms with Crippen LogP contribution in [0.2, 0.25) is 0 Å². The highest BCUT2D eigenvalue weighted by molar-refractivity contribution is 5.92. The van der Waals surface area contributed by atoms with Crippen molar-refractivity contribution >= 4 is 11.6 Å². The van der Waals surface area contributed by atoms with Crippen molar-refractivity contribution in [2.45, 2.75) is 19.9 Å². The smallest absolute Gasteiger partial charge is 0.229 e. The van der Waals surface area contributed by atoms with Gasteiger partial charge in [-0.2, -0.15) is 0 Å². The average molecular weight is 266 g/mol. The SMILES string of the molecule is COCC(C)C(=O)Nc1ccc2c(c1F)CCNC2. The predicted molar refractivity (Wildman–Crippen MR) is 71.5 cm³/mol. The number of hydrogen-bond donors (Lipinski definition) is 2. The second kappa shape index (κ2) is 6.12. The Hall–Kier alpha value is -1.46. The van der Waals surface area contributed by atoms with Crippen LogP contribution in [0.5, 0.6) is 0 Å². The maximum Gasteiger partial charge on any atom is 0.229 e. The summed E-state index contributed by atoms with van der Waals surface area (Å²) in [6, 6.07) is 3.49. The van der Waals surface area contributed by atoms with E-state index < -0.39 is 0 Å². The number of fused-ring (bicyclic) bond motifs is 1. The van der Waals surface area contributed by atoms with Gasteiger partial charge in [0.15, 0.2) is 0 Å². The summed E-state index contributed by atoms with van der Waals surface area (Å²) in [5.74, 6) is -0.839. The van der Waals surface area contributed by atoms with Crippen LogP contribution in [-0.4, -0.2) is 26.2 Å². The summed E-state index contributed by atoms with van der Waals surface area (Å²) in [5, 5.41) is 5.82. The quantitative estimate of drug-likeness (QED) is 0.872. The molecular weight excluding hydrogens is 247 g/mol. The Kier molecular flexibility index (Phi) is 4.50. The van der Waals surface area contributed by atoms with Gasteiger partial charge in [0.1, 0.15) is 5.82 Å². The maximum atomic E-state index is 14.3. The molecule has 0 aliphatic carbocycles. The number of halogens is 1. The zero-order chi connectivity index (χ0) is 13.8. The molecule has 0 aromatic heterocycles. The standard InChI is InChI=1S/C14H19FN2O2/c1-9(8-19-2)14(18)17-12-4-3-10-7-16-6-5-11(10)13(12)15/h3-4,9,16H,5-8H2,1-2H3,(H,17,18). The third-order valence-electron chi connectivity index (χ3n) is 3.33. The van der Waals surface area contributed by atoms with E-state index in [-0.39, 0.29) is 23.3 Å². The van der Waals surface area contributed by atoms with E-state index in [2.05, 4.69) is 10.6 Å². The van der Waals surface area contributed by atoms with Gasteiger partial charge < -0.3 is 15.4 Å². The molecule has 1 aromatic carbocycles. The number of rotatable bonds is 4. The molecule has 19 heavy (non-hydrogen) atoms. The molecule has 1 aliphatic heterocycles. The average Bonchev–Trinajstić information content (AvgIpc) is 2.42. The van der Waals surface area contributed by atoms with Crippen LogP contribution in [0.1, 0.15) is 18.1 Å². The van der Waals surface area contributed by atoms with E-state index in [1.165, 1.54) is 7.11 Å². The lowest BCUT2D eigenvalue weighted by Gasteiger charge is -2.20. The summed E-state index contributed by atoms with van der Waals surface area (Å²) in [5.41, 5.74) is 1.93. The first-order valence-corrected chi connectivity index (χ1v) is 6.44. The number of anilines is 1. The van der Waals surface area contributed by atoms with E-state index in [0.29, 0.717) is 25.1 Å². The molecule has 0 spiro atoms. The zero-order valence-electron chi connectivity index (χ0n) is 11.3. The van der Waals surface area contributed by atoms with Gasteiger partial charge in [0, 0.05) is 13.7 Å². The minimum absolute atomic E-state index is 0.227. The Morgan fingerprint density at radius 3 is 3.11 bits per heavy atom. The van der Waals surface area contributed by atoms with Gasteiger partial charge in [-0.15, -0.1) is 0 Å². The Labute approximate surface area is 112 Å². The summed E-state index contributed by atoms with van der Waals surface area (Å²) in [7, 11) is 1.54. The Morgan fingerprint density at radius 1 is 1.58 bits per heavy atom. The highest BCUT2D eigenvalue weighted by atomic mass is 19.1. The lowest BCUT2D eigenvalue weighted by Crippen LogP contribution is -2.27. The minimum atomic E-state index is -0.308. The van der Waals surface area contributed by atoms with Gasteiger partial charge in [-0.25, -0.2) is 4.39 Å². The number of carbonyl (C=O) groups is 1. The van der Waals surface area contributed by atoms with Gasteiger partial charge in [0.2, 0.25) is 5.91 Å². The summed E-state index contributed by atoms with van der Waals surface area (Å²) in [4.78, 5) is 11.9. The van der Waals surface area contributed by atoms with Crippen LogP contribution >= 0.6 is 0 Å². The molecule has 1 aromatic rings. The summed E-state index contributed by atoms with van der Waals surface area (Å²) in [6.45, 7) is 3.52. The molecule has 0 radical (unpaired) electrons. The normalized spacial score (nSPS) is 15.7. The molecule has 2 N–H and O–H groups in total. The van der Waals surface area contributed by atoms with E-state index in [1.54, 1.807) is 13.0 Å². The number of nitrogens with one attached hydrogen (secondary N) is 2. The molecule has 0 fully saturated rings. The van der Waals surface area contributed by atoms with Crippen LogP contribution in [0.15, 0.2) is 12.1 Å². The van der Waals surface area contributed by atoms with Crippen LogP contribution in [-0.2, 0) is 22.5 Å².